The molecule has 6 atom stereocenters. The Hall–Kier alpha value is -5.31. The average Bonchev–Trinajstić information content (AvgIpc) is 3.14. The Morgan fingerprint density at radius 2 is 1.60 bits per heavy atom. The van der Waals surface area contributed by atoms with Crippen LogP contribution < -0.4 is 37.9 Å². The number of nitrogens with one attached hydrogen (secondary N) is 4. The highest BCUT2D eigenvalue weighted by Gasteiger charge is 2.55. The van der Waals surface area contributed by atoms with Crippen molar-refractivity contribution in [2.75, 3.05) is 36.9 Å². The molecular formula is C37H45N5O11. The van der Waals surface area contributed by atoms with Gasteiger partial charge in [0, 0.05) is 19.5 Å². The predicted octanol–water partition coefficient (Wildman–Crippen LogP) is 0.0319. The Morgan fingerprint density at radius 3 is 2.25 bits per heavy atom. The van der Waals surface area contributed by atoms with Gasteiger partial charge in [-0.2, -0.15) is 0 Å². The van der Waals surface area contributed by atoms with Gasteiger partial charge in [-0.15, -0.1) is 6.42 Å². The number of hydrogen-bond acceptors (Lipinski definition) is 12. The van der Waals surface area contributed by atoms with E-state index in [9.17, 15) is 44.4 Å². The van der Waals surface area contributed by atoms with Crippen LogP contribution >= 0.6 is 0 Å². The molecule has 3 aromatic carbocycles. The lowest BCUT2D eigenvalue weighted by Crippen LogP contribution is -2.68. The van der Waals surface area contributed by atoms with Crippen molar-refractivity contribution in [2.45, 2.75) is 74.8 Å². The highest BCUT2D eigenvalue weighted by atomic mass is 16.7. The molecule has 0 aromatic heterocycles. The third kappa shape index (κ3) is 10.6. The number of carboxylic acids is 1. The molecule has 3 amide bonds. The Labute approximate surface area is 305 Å². The Morgan fingerprint density at radius 1 is 0.962 bits per heavy atom. The van der Waals surface area contributed by atoms with Crippen LogP contribution in [0.2, 0.25) is 0 Å². The number of aliphatic carboxylic acids is 1. The number of primary amides is 1. The van der Waals surface area contributed by atoms with Gasteiger partial charge in [0.1, 0.15) is 23.6 Å². The standard InChI is InChI=1S/C37H45N5O11/c1-2-16-39-29-30(33(48)32(29)47)40-17-8-3-4-9-18-52-37(35(49)50)20-25(43)28(42-36(38)51)34(53-37)31(46)26(44)21-41-27(45)19-22-12-14-24(15-13-22)23-10-6-5-7-11-23/h1,5-7,10-15,25-26,28,31,34,39-40,43-44,46H,3-4,8-9,16-21H2,(H,41,45)(H,49,50)(H3,38,42,51)/t25-,26+,28+,31+,34+,37+/m0/s1. The fourth-order valence-electron chi connectivity index (χ4n) is 6.03. The molecule has 1 aliphatic heterocycles. The second-order valence-electron chi connectivity index (χ2n) is 12.7. The van der Waals surface area contributed by atoms with E-state index < -0.39 is 78.0 Å². The lowest BCUT2D eigenvalue weighted by atomic mass is 9.88. The molecule has 1 fully saturated rings. The number of carboxylic acid groups (broad SMARTS) is 1. The van der Waals surface area contributed by atoms with E-state index in [1.54, 1.807) is 12.1 Å². The Kier molecular flexibility index (Phi) is 14.5. The molecule has 0 radical (unpaired) electrons. The van der Waals surface area contributed by atoms with Crippen LogP contribution in [0.15, 0.2) is 64.2 Å². The minimum atomic E-state index is -2.46. The topological polar surface area (TPSA) is 259 Å². The number of terminal acetylenes is 1. The van der Waals surface area contributed by atoms with Gasteiger partial charge in [-0.25, -0.2) is 9.59 Å². The van der Waals surface area contributed by atoms with E-state index >= 15 is 0 Å². The number of rotatable bonds is 20. The summed E-state index contributed by atoms with van der Waals surface area (Å²) in [7, 11) is 0. The quantitative estimate of drug-likeness (QED) is 0.0422. The van der Waals surface area contributed by atoms with Gasteiger partial charge in [-0.05, 0) is 29.5 Å². The van der Waals surface area contributed by atoms with Gasteiger partial charge in [-0.1, -0.05) is 73.4 Å². The van der Waals surface area contributed by atoms with Gasteiger partial charge in [0.05, 0.1) is 37.8 Å². The summed E-state index contributed by atoms with van der Waals surface area (Å²) in [6, 6.07) is 14.5. The molecule has 16 nitrogen and oxygen atoms in total. The maximum Gasteiger partial charge on any atom is 0.364 e. The van der Waals surface area contributed by atoms with Gasteiger partial charge in [0.15, 0.2) is 0 Å². The van der Waals surface area contributed by atoms with Crippen LogP contribution in [0.25, 0.3) is 11.1 Å². The molecule has 4 rings (SSSR count). The molecule has 10 N–H and O–H groups in total. The number of ether oxygens (including phenoxy) is 2. The number of aliphatic hydroxyl groups excluding tert-OH is 3. The normalized spacial score (nSPS) is 20.8. The van der Waals surface area contributed by atoms with E-state index in [0.717, 1.165) is 11.1 Å². The minimum Gasteiger partial charge on any atom is -0.477 e. The van der Waals surface area contributed by atoms with Crippen molar-refractivity contribution >= 4 is 29.3 Å². The second kappa shape index (κ2) is 19.0. The lowest BCUT2D eigenvalue weighted by Gasteiger charge is -2.46. The number of aliphatic hydroxyl groups is 3. The lowest BCUT2D eigenvalue weighted by molar-refractivity contribution is -0.310. The van der Waals surface area contributed by atoms with Gasteiger partial charge < -0.3 is 56.9 Å². The number of amides is 3. The van der Waals surface area contributed by atoms with Gasteiger partial charge in [-0.3, -0.25) is 14.4 Å². The van der Waals surface area contributed by atoms with Crippen molar-refractivity contribution < 1.29 is 44.3 Å². The van der Waals surface area contributed by atoms with Crippen molar-refractivity contribution in [2.24, 2.45) is 5.73 Å². The van der Waals surface area contributed by atoms with Crippen molar-refractivity contribution in [1.82, 2.24) is 10.6 Å². The zero-order valence-electron chi connectivity index (χ0n) is 29.0. The fraction of sp³-hybridized carbons (Fsp3) is 0.432. The maximum atomic E-state index is 12.7. The Balaban J connectivity index is 1.28. The molecule has 284 valence electrons. The fourth-order valence-corrected chi connectivity index (χ4v) is 6.03. The molecule has 3 aromatic rings. The number of carbonyl (C=O) groups is 3. The average molecular weight is 736 g/mol. The summed E-state index contributed by atoms with van der Waals surface area (Å²) < 4.78 is 11.4. The van der Waals surface area contributed by atoms with Crippen LogP contribution in [0.4, 0.5) is 16.2 Å². The first-order chi connectivity index (χ1) is 25.4. The van der Waals surface area contributed by atoms with E-state index in [1.807, 2.05) is 42.5 Å². The van der Waals surface area contributed by atoms with Crippen molar-refractivity contribution in [3.05, 3.63) is 80.6 Å². The molecule has 0 aliphatic carbocycles. The zero-order valence-corrected chi connectivity index (χ0v) is 29.0. The summed E-state index contributed by atoms with van der Waals surface area (Å²) in [4.78, 5) is 60.4. The van der Waals surface area contributed by atoms with Crippen LogP contribution in [0, 0.1) is 12.3 Å². The molecule has 0 saturated carbocycles. The summed E-state index contributed by atoms with van der Waals surface area (Å²) >= 11 is 0. The monoisotopic (exact) mass is 735 g/mol. The summed E-state index contributed by atoms with van der Waals surface area (Å²) in [5, 5.41) is 53.4. The minimum absolute atomic E-state index is 0.0286. The Bertz CT molecular complexity index is 1810. The number of urea groups is 1. The highest BCUT2D eigenvalue weighted by molar-refractivity contribution is 5.79. The van der Waals surface area contributed by atoms with Gasteiger partial charge >= 0.3 is 12.0 Å². The van der Waals surface area contributed by atoms with Crippen LogP contribution in [-0.2, 0) is 25.5 Å². The predicted molar refractivity (Wildman–Crippen MR) is 195 cm³/mol. The molecule has 53 heavy (non-hydrogen) atoms. The number of benzene rings is 2. The van der Waals surface area contributed by atoms with E-state index in [0.29, 0.717) is 37.8 Å². The van der Waals surface area contributed by atoms with Crippen molar-refractivity contribution in [3.8, 4) is 23.5 Å². The van der Waals surface area contributed by atoms with Gasteiger partial charge in [0.2, 0.25) is 5.91 Å². The van der Waals surface area contributed by atoms with E-state index in [1.165, 1.54) is 0 Å². The molecule has 1 aliphatic rings. The third-order valence-electron chi connectivity index (χ3n) is 8.86. The number of carbonyl (C=O) groups excluding carboxylic acids is 2. The number of nitrogens with two attached hydrogens (primary N) is 1. The van der Waals surface area contributed by atoms with E-state index in [-0.39, 0.29) is 30.9 Å². The van der Waals surface area contributed by atoms with Crippen molar-refractivity contribution in [3.63, 3.8) is 0 Å². The van der Waals surface area contributed by atoms with E-state index in [2.05, 4.69) is 27.2 Å². The first-order valence-corrected chi connectivity index (χ1v) is 17.2. The summed E-state index contributed by atoms with van der Waals surface area (Å²) in [5.41, 5.74) is 7.04. The summed E-state index contributed by atoms with van der Waals surface area (Å²) in [6.07, 6.45) is -0.297. The molecule has 0 spiro atoms. The summed E-state index contributed by atoms with van der Waals surface area (Å²) in [5.74, 6) is -2.21. The second-order valence-corrected chi connectivity index (χ2v) is 12.7. The molecule has 1 saturated heterocycles. The highest BCUT2D eigenvalue weighted by Crippen LogP contribution is 2.34. The summed E-state index contributed by atoms with van der Waals surface area (Å²) in [6.45, 7) is -0.109. The van der Waals surface area contributed by atoms with Crippen LogP contribution in [0.5, 0.6) is 0 Å². The number of anilines is 2. The molecular weight excluding hydrogens is 690 g/mol. The molecule has 0 unspecified atom stereocenters. The number of hydrogen-bond donors (Lipinski definition) is 9. The van der Waals surface area contributed by atoms with Crippen LogP contribution in [-0.4, -0.2) is 101 Å². The third-order valence-corrected chi connectivity index (χ3v) is 8.86. The first kappa shape index (κ1) is 40.5. The number of unbranched alkanes of at least 4 members (excludes halogenated alkanes) is 3. The van der Waals surface area contributed by atoms with Crippen LogP contribution in [0.1, 0.15) is 37.7 Å². The van der Waals surface area contributed by atoms with E-state index in [4.69, 9.17) is 21.6 Å². The maximum absolute atomic E-state index is 12.7. The van der Waals surface area contributed by atoms with Crippen LogP contribution in [0.3, 0.4) is 0 Å². The zero-order chi connectivity index (χ0) is 38.5. The van der Waals surface area contributed by atoms with Gasteiger partial charge in [0.25, 0.3) is 16.6 Å². The first-order valence-electron chi connectivity index (χ1n) is 17.2. The molecule has 0 bridgehead atoms. The van der Waals surface area contributed by atoms with Crippen molar-refractivity contribution in [1.29, 1.82) is 0 Å². The smallest absolute Gasteiger partial charge is 0.364 e. The largest absolute Gasteiger partial charge is 0.477 e. The SMILES string of the molecule is C#CCNc1c(NCCCCCCO[C@]2(C(=O)O)C[C@H](O)[C@@H](NC(N)=O)[C@H]([C@H](O)[C@H](O)CNC(=O)Cc3ccc(-c4ccccc4)cc3)O2)c(=O)c1=O. The molecule has 1 heterocycles. The molecule has 16 heteroatoms.